The summed E-state index contributed by atoms with van der Waals surface area (Å²) in [6.45, 7) is 6.09. The summed E-state index contributed by atoms with van der Waals surface area (Å²) >= 11 is 3.46. The standard InChI is InChI=1S/C29H33BrN2O3/c1-4-22(3)31-29(34)26(18-23-11-6-5-7-12-23)32(19-24-14-16-25(30)17-15-24)28(33)20-35-27-13-9-8-10-21(27)2/h5-17,22,26H,4,18-20H2,1-3H3,(H,31,34). The number of nitrogens with zero attached hydrogens (tertiary/aromatic N) is 1. The number of aryl methyl sites for hydroxylation is 1. The molecule has 0 aliphatic carbocycles. The van der Waals surface area contributed by atoms with E-state index in [1.165, 1.54) is 0 Å². The van der Waals surface area contributed by atoms with Crippen LogP contribution in [0, 0.1) is 6.92 Å². The third-order valence-electron chi connectivity index (χ3n) is 5.98. The smallest absolute Gasteiger partial charge is 0.261 e. The van der Waals surface area contributed by atoms with Gasteiger partial charge in [0.05, 0.1) is 0 Å². The van der Waals surface area contributed by atoms with Gasteiger partial charge < -0.3 is 15.0 Å². The number of halogens is 1. The number of ether oxygens (including phenoxy) is 1. The monoisotopic (exact) mass is 536 g/mol. The second-order valence-corrected chi connectivity index (χ2v) is 9.64. The van der Waals surface area contributed by atoms with Gasteiger partial charge in [-0.15, -0.1) is 0 Å². The zero-order chi connectivity index (χ0) is 25.2. The minimum atomic E-state index is -0.678. The predicted molar refractivity (Wildman–Crippen MR) is 143 cm³/mol. The summed E-state index contributed by atoms with van der Waals surface area (Å²) in [6.07, 6.45) is 1.22. The summed E-state index contributed by atoms with van der Waals surface area (Å²) in [5.41, 5.74) is 2.88. The third-order valence-corrected chi connectivity index (χ3v) is 6.51. The maximum Gasteiger partial charge on any atom is 0.261 e. The van der Waals surface area contributed by atoms with Crippen LogP contribution in [-0.2, 0) is 22.6 Å². The fraction of sp³-hybridized carbons (Fsp3) is 0.310. The van der Waals surface area contributed by atoms with Crippen LogP contribution in [0.25, 0.3) is 0 Å². The highest BCUT2D eigenvalue weighted by atomic mass is 79.9. The number of hydrogen-bond donors (Lipinski definition) is 1. The summed E-state index contributed by atoms with van der Waals surface area (Å²) < 4.78 is 6.84. The highest BCUT2D eigenvalue weighted by molar-refractivity contribution is 9.10. The molecule has 3 aromatic rings. The summed E-state index contributed by atoms with van der Waals surface area (Å²) in [5.74, 6) is 0.258. The lowest BCUT2D eigenvalue weighted by Gasteiger charge is -2.32. The van der Waals surface area contributed by atoms with Crippen molar-refractivity contribution in [2.45, 2.75) is 52.2 Å². The molecule has 0 fully saturated rings. The molecular formula is C29H33BrN2O3. The van der Waals surface area contributed by atoms with Crippen molar-refractivity contribution in [2.24, 2.45) is 0 Å². The lowest BCUT2D eigenvalue weighted by atomic mass is 10.0. The van der Waals surface area contributed by atoms with E-state index < -0.39 is 6.04 Å². The fourth-order valence-electron chi connectivity index (χ4n) is 3.72. The summed E-state index contributed by atoms with van der Waals surface area (Å²) in [5, 5.41) is 3.08. The maximum atomic E-state index is 13.6. The van der Waals surface area contributed by atoms with E-state index in [1.807, 2.05) is 99.6 Å². The first-order chi connectivity index (χ1) is 16.9. The molecule has 2 amide bonds. The molecule has 35 heavy (non-hydrogen) atoms. The van der Waals surface area contributed by atoms with Crippen LogP contribution in [0.5, 0.6) is 5.75 Å². The third kappa shape index (κ3) is 7.96. The van der Waals surface area contributed by atoms with Crippen LogP contribution < -0.4 is 10.1 Å². The van der Waals surface area contributed by atoms with E-state index in [4.69, 9.17) is 4.74 Å². The van der Waals surface area contributed by atoms with Crippen molar-refractivity contribution >= 4 is 27.7 Å². The van der Waals surface area contributed by atoms with E-state index in [1.54, 1.807) is 4.90 Å². The number of para-hydroxylation sites is 1. The Morgan fingerprint density at radius 2 is 1.60 bits per heavy atom. The molecule has 0 spiro atoms. The largest absolute Gasteiger partial charge is 0.484 e. The Morgan fingerprint density at radius 1 is 0.943 bits per heavy atom. The first kappa shape index (κ1) is 26.5. The van der Waals surface area contributed by atoms with Crippen molar-refractivity contribution in [3.8, 4) is 5.75 Å². The first-order valence-corrected chi connectivity index (χ1v) is 12.7. The average molecular weight is 537 g/mol. The van der Waals surface area contributed by atoms with Crippen molar-refractivity contribution in [2.75, 3.05) is 6.61 Å². The molecule has 2 unspecified atom stereocenters. The number of carbonyl (C=O) groups is 2. The SMILES string of the molecule is CCC(C)NC(=O)C(Cc1ccccc1)N(Cc1ccc(Br)cc1)C(=O)COc1ccccc1C. The number of hydrogen-bond acceptors (Lipinski definition) is 3. The zero-order valence-corrected chi connectivity index (χ0v) is 22.1. The molecule has 0 bridgehead atoms. The number of carbonyl (C=O) groups excluding carboxylic acids is 2. The van der Waals surface area contributed by atoms with Crippen LogP contribution in [0.3, 0.4) is 0 Å². The van der Waals surface area contributed by atoms with Gasteiger partial charge in [0.25, 0.3) is 5.91 Å². The lowest BCUT2D eigenvalue weighted by molar-refractivity contribution is -0.143. The molecular weight excluding hydrogens is 504 g/mol. The van der Waals surface area contributed by atoms with Gasteiger partial charge in [0.1, 0.15) is 11.8 Å². The molecule has 6 heteroatoms. The van der Waals surface area contributed by atoms with Gasteiger partial charge in [-0.3, -0.25) is 9.59 Å². The molecule has 0 aliphatic rings. The molecule has 3 aromatic carbocycles. The second-order valence-electron chi connectivity index (χ2n) is 8.73. The molecule has 0 heterocycles. The van der Waals surface area contributed by atoms with Crippen LogP contribution in [-0.4, -0.2) is 35.4 Å². The van der Waals surface area contributed by atoms with Crippen molar-refractivity contribution < 1.29 is 14.3 Å². The van der Waals surface area contributed by atoms with Gasteiger partial charge in [-0.1, -0.05) is 83.5 Å². The molecule has 2 atom stereocenters. The minimum absolute atomic E-state index is 0.00799. The average Bonchev–Trinajstić information content (AvgIpc) is 2.87. The normalized spacial score (nSPS) is 12.5. The molecule has 0 saturated heterocycles. The summed E-state index contributed by atoms with van der Waals surface area (Å²) in [7, 11) is 0. The quantitative estimate of drug-likeness (QED) is 0.342. The van der Waals surface area contributed by atoms with Crippen LogP contribution >= 0.6 is 15.9 Å². The second kappa shape index (κ2) is 13.1. The first-order valence-electron chi connectivity index (χ1n) is 11.9. The van der Waals surface area contributed by atoms with Gasteiger partial charge in [-0.2, -0.15) is 0 Å². The van der Waals surface area contributed by atoms with Crippen LogP contribution in [0.15, 0.2) is 83.3 Å². The lowest BCUT2D eigenvalue weighted by Crippen LogP contribution is -2.53. The van der Waals surface area contributed by atoms with E-state index in [0.29, 0.717) is 18.7 Å². The fourth-order valence-corrected chi connectivity index (χ4v) is 3.99. The van der Waals surface area contributed by atoms with Gasteiger partial charge in [0, 0.05) is 23.5 Å². The number of benzene rings is 3. The van der Waals surface area contributed by atoms with Gasteiger partial charge in [-0.05, 0) is 55.2 Å². The Bertz CT molecular complexity index is 1100. The molecule has 3 rings (SSSR count). The molecule has 184 valence electrons. The van der Waals surface area contributed by atoms with E-state index in [2.05, 4.69) is 21.2 Å². The van der Waals surface area contributed by atoms with E-state index in [0.717, 1.165) is 27.6 Å². The Balaban J connectivity index is 1.91. The van der Waals surface area contributed by atoms with Gasteiger partial charge >= 0.3 is 0 Å². The van der Waals surface area contributed by atoms with E-state index in [-0.39, 0.29) is 24.5 Å². The van der Waals surface area contributed by atoms with Gasteiger partial charge in [0.15, 0.2) is 6.61 Å². The summed E-state index contributed by atoms with van der Waals surface area (Å²) in [4.78, 5) is 28.7. The summed E-state index contributed by atoms with van der Waals surface area (Å²) in [6, 6.07) is 24.5. The minimum Gasteiger partial charge on any atom is -0.484 e. The molecule has 5 nitrogen and oxygen atoms in total. The van der Waals surface area contributed by atoms with Gasteiger partial charge in [-0.25, -0.2) is 0 Å². The topological polar surface area (TPSA) is 58.6 Å². The molecule has 0 saturated carbocycles. The zero-order valence-electron chi connectivity index (χ0n) is 20.5. The number of nitrogens with one attached hydrogen (secondary N) is 1. The maximum absolute atomic E-state index is 13.6. The highest BCUT2D eigenvalue weighted by Crippen LogP contribution is 2.19. The van der Waals surface area contributed by atoms with Crippen LogP contribution in [0.1, 0.15) is 37.0 Å². The highest BCUT2D eigenvalue weighted by Gasteiger charge is 2.31. The van der Waals surface area contributed by atoms with E-state index in [9.17, 15) is 9.59 Å². The van der Waals surface area contributed by atoms with Crippen molar-refractivity contribution in [1.82, 2.24) is 10.2 Å². The Morgan fingerprint density at radius 3 is 2.26 bits per heavy atom. The van der Waals surface area contributed by atoms with Crippen LogP contribution in [0.4, 0.5) is 0 Å². The Kier molecular flexibility index (Phi) is 9.91. The van der Waals surface area contributed by atoms with Crippen molar-refractivity contribution in [1.29, 1.82) is 0 Å². The number of rotatable bonds is 11. The molecule has 0 aromatic heterocycles. The van der Waals surface area contributed by atoms with E-state index >= 15 is 0 Å². The number of amides is 2. The predicted octanol–water partition coefficient (Wildman–Crippen LogP) is 5.69. The van der Waals surface area contributed by atoms with Crippen molar-refractivity contribution in [3.63, 3.8) is 0 Å². The Hall–Kier alpha value is -3.12. The molecule has 0 aliphatic heterocycles. The van der Waals surface area contributed by atoms with Gasteiger partial charge in [0.2, 0.25) is 5.91 Å². The van der Waals surface area contributed by atoms with Crippen molar-refractivity contribution in [3.05, 3.63) is 100 Å². The Labute approximate surface area is 216 Å². The molecule has 1 N–H and O–H groups in total. The van der Waals surface area contributed by atoms with Crippen LogP contribution in [0.2, 0.25) is 0 Å². The molecule has 0 radical (unpaired) electrons.